The predicted molar refractivity (Wildman–Crippen MR) is 65.1 cm³/mol. The first-order chi connectivity index (χ1) is 8.25. The minimum atomic E-state index is -1.03. The summed E-state index contributed by atoms with van der Waals surface area (Å²) in [6, 6.07) is 5.90. The van der Waals surface area contributed by atoms with Gasteiger partial charge in [-0.25, -0.2) is 8.78 Å². The van der Waals surface area contributed by atoms with Gasteiger partial charge >= 0.3 is 0 Å². The van der Waals surface area contributed by atoms with E-state index in [0.717, 1.165) is 32.4 Å². The molecule has 2 unspecified atom stereocenters. The van der Waals surface area contributed by atoms with Crippen LogP contribution >= 0.6 is 0 Å². The van der Waals surface area contributed by atoms with Gasteiger partial charge in [0.1, 0.15) is 12.0 Å². The molecule has 1 N–H and O–H groups in total. The lowest BCUT2D eigenvalue weighted by molar-refractivity contribution is 0.260. The van der Waals surface area contributed by atoms with E-state index >= 15 is 0 Å². The quantitative estimate of drug-likeness (QED) is 0.849. The molecule has 1 aromatic carbocycles. The number of rotatable bonds is 3. The van der Waals surface area contributed by atoms with Crippen LogP contribution in [0.25, 0.3) is 0 Å². The highest BCUT2D eigenvalue weighted by Gasteiger charge is 2.19. The van der Waals surface area contributed by atoms with E-state index in [9.17, 15) is 8.78 Å². The lowest BCUT2D eigenvalue weighted by atomic mass is 9.92. The van der Waals surface area contributed by atoms with E-state index in [4.69, 9.17) is 0 Å². The first-order valence-corrected chi connectivity index (χ1v) is 6.36. The average Bonchev–Trinajstić information content (AvgIpc) is 2.57. The maximum Gasteiger partial charge on any atom is 0.125 e. The Kier molecular flexibility index (Phi) is 4.49. The fourth-order valence-corrected chi connectivity index (χ4v) is 2.46. The third-order valence-corrected chi connectivity index (χ3v) is 3.45. The van der Waals surface area contributed by atoms with E-state index in [-0.39, 0.29) is 5.82 Å². The van der Waals surface area contributed by atoms with Crippen LogP contribution in [-0.4, -0.2) is 13.1 Å². The van der Waals surface area contributed by atoms with Crippen molar-refractivity contribution in [1.29, 1.82) is 0 Å². The Bertz CT molecular complexity index is 346. The maximum atomic E-state index is 14.0. The molecule has 0 aliphatic carbocycles. The Labute approximate surface area is 101 Å². The van der Waals surface area contributed by atoms with E-state index in [0.29, 0.717) is 17.9 Å². The predicted octanol–water partition coefficient (Wildman–Crippen LogP) is 3.62. The van der Waals surface area contributed by atoms with Crippen molar-refractivity contribution in [1.82, 2.24) is 5.32 Å². The number of hydrogen-bond acceptors (Lipinski definition) is 1. The van der Waals surface area contributed by atoms with Gasteiger partial charge in [-0.15, -0.1) is 0 Å². The van der Waals surface area contributed by atoms with Crippen LogP contribution in [0.15, 0.2) is 24.3 Å². The highest BCUT2D eigenvalue weighted by Crippen LogP contribution is 2.30. The molecular formula is C14H19F2N. The Balaban J connectivity index is 1.93. The van der Waals surface area contributed by atoms with Gasteiger partial charge in [0.05, 0.1) is 0 Å². The van der Waals surface area contributed by atoms with Crippen molar-refractivity contribution >= 4 is 0 Å². The molecule has 0 radical (unpaired) electrons. The topological polar surface area (TPSA) is 12.0 Å². The molecule has 94 valence electrons. The van der Waals surface area contributed by atoms with Gasteiger partial charge in [0.25, 0.3) is 0 Å². The molecule has 0 bridgehead atoms. The summed E-state index contributed by atoms with van der Waals surface area (Å²) in [5.41, 5.74) is 0.474. The van der Waals surface area contributed by atoms with Gasteiger partial charge < -0.3 is 5.32 Å². The molecule has 0 amide bonds. The van der Waals surface area contributed by atoms with Gasteiger partial charge in [-0.05, 0) is 62.4 Å². The summed E-state index contributed by atoms with van der Waals surface area (Å²) < 4.78 is 27.0. The van der Waals surface area contributed by atoms with Gasteiger partial charge in [-0.1, -0.05) is 12.1 Å². The van der Waals surface area contributed by atoms with Gasteiger partial charge in [0.15, 0.2) is 0 Å². The summed E-state index contributed by atoms with van der Waals surface area (Å²) >= 11 is 0. The highest BCUT2D eigenvalue weighted by atomic mass is 19.1. The summed E-state index contributed by atoms with van der Waals surface area (Å²) in [5.74, 6) is 0.0657. The van der Waals surface area contributed by atoms with Crippen LogP contribution in [0.4, 0.5) is 8.78 Å². The summed E-state index contributed by atoms with van der Waals surface area (Å²) in [4.78, 5) is 0. The van der Waals surface area contributed by atoms with Crippen molar-refractivity contribution in [3.8, 4) is 0 Å². The van der Waals surface area contributed by atoms with E-state index in [1.54, 1.807) is 12.1 Å². The fourth-order valence-electron chi connectivity index (χ4n) is 2.46. The second-order valence-corrected chi connectivity index (χ2v) is 4.81. The largest absolute Gasteiger partial charge is 0.317 e. The molecule has 1 nitrogen and oxygen atoms in total. The molecule has 0 saturated carbocycles. The zero-order valence-electron chi connectivity index (χ0n) is 9.96. The van der Waals surface area contributed by atoms with Crippen molar-refractivity contribution in [2.45, 2.75) is 31.9 Å². The summed E-state index contributed by atoms with van der Waals surface area (Å²) in [7, 11) is 0. The van der Waals surface area contributed by atoms with Gasteiger partial charge in [0, 0.05) is 0 Å². The molecule has 2 rings (SSSR count). The van der Waals surface area contributed by atoms with Crippen LogP contribution in [0.3, 0.4) is 0 Å². The molecule has 1 aromatic rings. The molecule has 2 atom stereocenters. The van der Waals surface area contributed by atoms with Crippen molar-refractivity contribution < 1.29 is 8.78 Å². The molecule has 1 heterocycles. The van der Waals surface area contributed by atoms with Crippen molar-refractivity contribution in [3.05, 3.63) is 35.6 Å². The van der Waals surface area contributed by atoms with Crippen LogP contribution in [0.2, 0.25) is 0 Å². The van der Waals surface area contributed by atoms with Crippen molar-refractivity contribution in [2.75, 3.05) is 13.1 Å². The molecule has 1 saturated heterocycles. The number of benzene rings is 1. The molecule has 17 heavy (non-hydrogen) atoms. The molecular weight excluding hydrogens is 220 g/mol. The summed E-state index contributed by atoms with van der Waals surface area (Å²) in [5, 5.41) is 3.32. The van der Waals surface area contributed by atoms with Crippen LogP contribution in [-0.2, 0) is 0 Å². The molecule has 1 aliphatic heterocycles. The van der Waals surface area contributed by atoms with Gasteiger partial charge in [-0.3, -0.25) is 0 Å². The minimum absolute atomic E-state index is 0.354. The lowest BCUT2D eigenvalue weighted by Gasteiger charge is -2.16. The van der Waals surface area contributed by atoms with Crippen LogP contribution in [0.5, 0.6) is 0 Å². The normalized spacial score (nSPS) is 23.1. The summed E-state index contributed by atoms with van der Waals surface area (Å²) in [6.45, 7) is 2.01. The van der Waals surface area contributed by atoms with Crippen molar-refractivity contribution in [2.24, 2.45) is 5.92 Å². The Morgan fingerprint density at radius 3 is 3.00 bits per heavy atom. The first-order valence-electron chi connectivity index (χ1n) is 6.36. The molecule has 0 spiro atoms. The zero-order chi connectivity index (χ0) is 12.1. The highest BCUT2D eigenvalue weighted by molar-refractivity contribution is 5.18. The Morgan fingerprint density at radius 2 is 2.18 bits per heavy atom. The molecule has 1 fully saturated rings. The van der Waals surface area contributed by atoms with Crippen LogP contribution < -0.4 is 5.32 Å². The molecule has 3 heteroatoms. The number of hydrogen-bond donors (Lipinski definition) is 1. The van der Waals surface area contributed by atoms with E-state index in [1.807, 2.05) is 0 Å². The third-order valence-electron chi connectivity index (χ3n) is 3.45. The molecule has 0 aromatic heterocycles. The standard InChI is InChI=1S/C14H19F2N/c15-13-5-1-4-12(10-13)14(16)9-11-3-2-7-17-8-6-11/h1,4-5,10-11,14,17H,2-3,6-9H2. The van der Waals surface area contributed by atoms with Gasteiger partial charge in [-0.2, -0.15) is 0 Å². The number of halogens is 2. The maximum absolute atomic E-state index is 14.0. The van der Waals surface area contributed by atoms with Crippen molar-refractivity contribution in [3.63, 3.8) is 0 Å². The first kappa shape index (κ1) is 12.5. The SMILES string of the molecule is Fc1cccc(C(F)CC2CCCNCC2)c1. The third kappa shape index (κ3) is 3.77. The Morgan fingerprint density at radius 1 is 1.29 bits per heavy atom. The number of alkyl halides is 1. The fraction of sp³-hybridized carbons (Fsp3) is 0.571. The molecule has 1 aliphatic rings. The van der Waals surface area contributed by atoms with E-state index < -0.39 is 6.17 Å². The monoisotopic (exact) mass is 239 g/mol. The minimum Gasteiger partial charge on any atom is -0.317 e. The Hall–Kier alpha value is -0.960. The second-order valence-electron chi connectivity index (χ2n) is 4.81. The van der Waals surface area contributed by atoms with E-state index in [2.05, 4.69) is 5.32 Å². The number of nitrogens with one attached hydrogen (secondary N) is 1. The lowest BCUT2D eigenvalue weighted by Crippen LogP contribution is -2.14. The average molecular weight is 239 g/mol. The second kappa shape index (κ2) is 6.10. The van der Waals surface area contributed by atoms with Gasteiger partial charge in [0.2, 0.25) is 0 Å². The smallest absolute Gasteiger partial charge is 0.125 e. The van der Waals surface area contributed by atoms with Crippen LogP contribution in [0, 0.1) is 11.7 Å². The van der Waals surface area contributed by atoms with E-state index in [1.165, 1.54) is 12.1 Å². The summed E-state index contributed by atoms with van der Waals surface area (Å²) in [6.07, 6.45) is 2.69. The van der Waals surface area contributed by atoms with Crippen LogP contribution in [0.1, 0.15) is 37.4 Å². The zero-order valence-corrected chi connectivity index (χ0v) is 9.96.